The zero-order valence-electron chi connectivity index (χ0n) is 22.1. The minimum Gasteiger partial charge on any atom is -0.465 e. The van der Waals surface area contributed by atoms with Gasteiger partial charge in [-0.25, -0.2) is 0 Å². The third kappa shape index (κ3) is 7.93. The lowest BCUT2D eigenvalue weighted by molar-refractivity contribution is -0.384. The number of carbonyl (C=O) groups excluding carboxylic acids is 3. The standard InChI is InChI=1S/C30H26N4O6S/c1-19-10-13-23(34(38)39)17-26(19)32-28(35)20(2)41-25-14-11-22(12-15-25)31-30(37)27(18-24-9-6-16-40-24)33-29(36)21-7-4-3-5-8-21/h3-18,20H,1-2H3,(H,31,37)(H,32,35)(H,33,36)/b27-18-. The maximum absolute atomic E-state index is 13.1. The Hall–Kier alpha value is -5.16. The van der Waals surface area contributed by atoms with E-state index in [9.17, 15) is 24.5 Å². The highest BCUT2D eigenvalue weighted by Gasteiger charge is 2.18. The summed E-state index contributed by atoms with van der Waals surface area (Å²) in [6, 6.07) is 23.0. The molecule has 0 aliphatic carbocycles. The highest BCUT2D eigenvalue weighted by atomic mass is 32.2. The van der Waals surface area contributed by atoms with Crippen molar-refractivity contribution in [3.8, 4) is 0 Å². The fraction of sp³-hybridized carbons (Fsp3) is 0.100. The summed E-state index contributed by atoms with van der Waals surface area (Å²) in [4.78, 5) is 49.9. The van der Waals surface area contributed by atoms with Crippen LogP contribution >= 0.6 is 11.8 Å². The number of nitro benzene ring substituents is 1. The van der Waals surface area contributed by atoms with Crippen LogP contribution in [0.5, 0.6) is 0 Å². The molecule has 1 atom stereocenters. The van der Waals surface area contributed by atoms with Crippen LogP contribution < -0.4 is 16.0 Å². The van der Waals surface area contributed by atoms with E-state index in [1.165, 1.54) is 36.2 Å². The second-order valence-corrected chi connectivity index (χ2v) is 10.3. The first-order chi connectivity index (χ1) is 19.7. The van der Waals surface area contributed by atoms with Gasteiger partial charge in [0.1, 0.15) is 11.5 Å². The number of hydrogen-bond donors (Lipinski definition) is 3. The number of aryl methyl sites for hydroxylation is 1. The first-order valence-corrected chi connectivity index (χ1v) is 13.3. The molecule has 0 saturated carbocycles. The molecule has 0 aliphatic rings. The number of nitro groups is 1. The number of hydrogen-bond acceptors (Lipinski definition) is 7. The van der Waals surface area contributed by atoms with E-state index in [4.69, 9.17) is 4.42 Å². The van der Waals surface area contributed by atoms with Gasteiger partial charge in [-0.1, -0.05) is 24.3 Å². The molecule has 0 radical (unpaired) electrons. The van der Waals surface area contributed by atoms with Gasteiger partial charge in [-0.15, -0.1) is 11.8 Å². The summed E-state index contributed by atoms with van der Waals surface area (Å²) in [6.07, 6.45) is 2.90. The number of benzene rings is 3. The van der Waals surface area contributed by atoms with Gasteiger partial charge in [-0.2, -0.15) is 0 Å². The quantitative estimate of drug-likeness (QED) is 0.0915. The minimum absolute atomic E-state index is 0.00556. The topological polar surface area (TPSA) is 144 Å². The number of nitrogens with one attached hydrogen (secondary N) is 3. The number of thioether (sulfide) groups is 1. The van der Waals surface area contributed by atoms with Gasteiger partial charge in [0.15, 0.2) is 0 Å². The lowest BCUT2D eigenvalue weighted by Crippen LogP contribution is -2.30. The molecule has 41 heavy (non-hydrogen) atoms. The Bertz CT molecular complexity index is 1590. The van der Waals surface area contributed by atoms with E-state index in [-0.39, 0.29) is 17.3 Å². The third-order valence-corrected chi connectivity index (χ3v) is 6.95. The van der Waals surface area contributed by atoms with E-state index in [1.807, 2.05) is 0 Å². The van der Waals surface area contributed by atoms with Crippen molar-refractivity contribution in [3.05, 3.63) is 124 Å². The number of anilines is 2. The zero-order valence-corrected chi connectivity index (χ0v) is 22.9. The van der Waals surface area contributed by atoms with Gasteiger partial charge in [-0.3, -0.25) is 24.5 Å². The van der Waals surface area contributed by atoms with Crippen LogP contribution in [0, 0.1) is 17.0 Å². The fourth-order valence-corrected chi connectivity index (χ4v) is 4.49. The second kappa shape index (κ2) is 13.3. The van der Waals surface area contributed by atoms with E-state index in [2.05, 4.69) is 16.0 Å². The molecule has 0 aliphatic heterocycles. The molecule has 3 amide bonds. The van der Waals surface area contributed by atoms with E-state index in [0.717, 1.165) is 4.90 Å². The van der Waals surface area contributed by atoms with E-state index >= 15 is 0 Å². The summed E-state index contributed by atoms with van der Waals surface area (Å²) in [7, 11) is 0. The smallest absolute Gasteiger partial charge is 0.272 e. The van der Waals surface area contributed by atoms with E-state index in [0.29, 0.717) is 28.3 Å². The van der Waals surface area contributed by atoms with Crippen LogP contribution in [0.25, 0.3) is 6.08 Å². The highest BCUT2D eigenvalue weighted by molar-refractivity contribution is 8.00. The maximum Gasteiger partial charge on any atom is 0.272 e. The average Bonchev–Trinajstić information content (AvgIpc) is 3.48. The third-order valence-electron chi connectivity index (χ3n) is 5.84. The average molecular weight is 571 g/mol. The Labute approximate surface area is 240 Å². The molecule has 11 heteroatoms. The Morgan fingerprint density at radius 3 is 2.34 bits per heavy atom. The van der Waals surface area contributed by atoms with Crippen molar-refractivity contribution >= 4 is 52.6 Å². The normalized spacial score (nSPS) is 11.8. The first-order valence-electron chi connectivity index (χ1n) is 12.4. The highest BCUT2D eigenvalue weighted by Crippen LogP contribution is 2.27. The summed E-state index contributed by atoms with van der Waals surface area (Å²) in [6.45, 7) is 3.48. The van der Waals surface area contributed by atoms with Crippen LogP contribution in [0.1, 0.15) is 28.6 Å². The Kier molecular flexibility index (Phi) is 9.33. The van der Waals surface area contributed by atoms with Gasteiger partial charge in [0.05, 0.1) is 22.1 Å². The first kappa shape index (κ1) is 28.8. The molecule has 1 aromatic heterocycles. The van der Waals surface area contributed by atoms with Crippen molar-refractivity contribution in [1.29, 1.82) is 0 Å². The molecule has 1 heterocycles. The van der Waals surface area contributed by atoms with Gasteiger partial charge in [0.25, 0.3) is 17.5 Å². The van der Waals surface area contributed by atoms with Crippen molar-refractivity contribution in [2.24, 2.45) is 0 Å². The molecular formula is C30H26N4O6S. The summed E-state index contributed by atoms with van der Waals surface area (Å²) in [5.74, 6) is -0.912. The Balaban J connectivity index is 1.40. The number of amides is 3. The molecule has 4 rings (SSSR count). The van der Waals surface area contributed by atoms with Crippen LogP contribution in [0.3, 0.4) is 0 Å². The SMILES string of the molecule is Cc1ccc([N+](=O)[O-])cc1NC(=O)C(C)Sc1ccc(NC(=O)/C(=C/c2ccco2)NC(=O)c2ccccc2)cc1. The number of furan rings is 1. The lowest BCUT2D eigenvalue weighted by atomic mass is 10.2. The summed E-state index contributed by atoms with van der Waals surface area (Å²) in [5.41, 5.74) is 1.85. The van der Waals surface area contributed by atoms with Crippen molar-refractivity contribution < 1.29 is 23.7 Å². The molecule has 0 fully saturated rings. The van der Waals surface area contributed by atoms with Gasteiger partial charge >= 0.3 is 0 Å². The summed E-state index contributed by atoms with van der Waals surface area (Å²) < 4.78 is 5.31. The maximum atomic E-state index is 13.1. The largest absolute Gasteiger partial charge is 0.465 e. The van der Waals surface area contributed by atoms with Crippen molar-refractivity contribution in [1.82, 2.24) is 5.32 Å². The van der Waals surface area contributed by atoms with Crippen LogP contribution in [0.4, 0.5) is 17.1 Å². The monoisotopic (exact) mass is 570 g/mol. The molecule has 0 saturated heterocycles. The van der Waals surface area contributed by atoms with Crippen molar-refractivity contribution in [3.63, 3.8) is 0 Å². The molecule has 10 nitrogen and oxygen atoms in total. The van der Waals surface area contributed by atoms with Gasteiger partial charge in [0.2, 0.25) is 5.91 Å². The van der Waals surface area contributed by atoms with E-state index in [1.54, 1.807) is 86.6 Å². The lowest BCUT2D eigenvalue weighted by Gasteiger charge is -2.14. The van der Waals surface area contributed by atoms with Crippen LogP contribution in [0.2, 0.25) is 0 Å². The molecule has 3 N–H and O–H groups in total. The molecule has 208 valence electrons. The molecule has 0 bridgehead atoms. The number of rotatable bonds is 10. The molecule has 1 unspecified atom stereocenters. The molecule has 4 aromatic rings. The van der Waals surface area contributed by atoms with Crippen LogP contribution in [0.15, 0.2) is 106 Å². The fourth-order valence-electron chi connectivity index (χ4n) is 3.62. The van der Waals surface area contributed by atoms with Crippen LogP contribution in [-0.2, 0) is 9.59 Å². The summed E-state index contributed by atoms with van der Waals surface area (Å²) in [5, 5.41) is 18.7. The summed E-state index contributed by atoms with van der Waals surface area (Å²) >= 11 is 1.29. The number of carbonyl (C=O) groups is 3. The van der Waals surface area contributed by atoms with Gasteiger partial charge in [-0.05, 0) is 67.9 Å². The number of non-ortho nitro benzene ring substituents is 1. The predicted octanol–water partition coefficient (Wildman–Crippen LogP) is 6.03. The van der Waals surface area contributed by atoms with Gasteiger partial charge < -0.3 is 20.4 Å². The van der Waals surface area contributed by atoms with Crippen LogP contribution in [-0.4, -0.2) is 27.9 Å². The second-order valence-electron chi connectivity index (χ2n) is 8.88. The minimum atomic E-state index is -0.550. The van der Waals surface area contributed by atoms with Gasteiger partial charge in [0, 0.05) is 34.4 Å². The van der Waals surface area contributed by atoms with E-state index < -0.39 is 22.0 Å². The van der Waals surface area contributed by atoms with Crippen molar-refractivity contribution in [2.45, 2.75) is 24.0 Å². The Morgan fingerprint density at radius 1 is 0.951 bits per heavy atom. The van der Waals surface area contributed by atoms with Crippen molar-refractivity contribution in [2.75, 3.05) is 10.6 Å². The predicted molar refractivity (Wildman–Crippen MR) is 157 cm³/mol. The Morgan fingerprint density at radius 2 is 1.68 bits per heavy atom. The molecule has 0 spiro atoms. The number of nitrogens with zero attached hydrogens (tertiary/aromatic N) is 1. The molecular weight excluding hydrogens is 544 g/mol. The zero-order chi connectivity index (χ0) is 29.4. The molecule has 3 aromatic carbocycles.